The zero-order valence-electron chi connectivity index (χ0n) is 8.87. The van der Waals surface area contributed by atoms with E-state index >= 15 is 0 Å². The molecule has 0 radical (unpaired) electrons. The maximum atomic E-state index is 12.2. The van der Waals surface area contributed by atoms with Crippen molar-refractivity contribution >= 4 is 15.5 Å². The van der Waals surface area contributed by atoms with Gasteiger partial charge in [-0.2, -0.15) is 0 Å². The van der Waals surface area contributed by atoms with E-state index in [1.807, 2.05) is 0 Å². The van der Waals surface area contributed by atoms with E-state index in [1.165, 1.54) is 24.3 Å². The minimum Gasteiger partial charge on any atom is -0.508 e. The third-order valence-electron chi connectivity index (χ3n) is 2.34. The minimum absolute atomic E-state index is 0.0799. The summed E-state index contributed by atoms with van der Waals surface area (Å²) in [6.45, 7) is 0. The first-order valence-electron chi connectivity index (χ1n) is 4.90. The van der Waals surface area contributed by atoms with E-state index in [-0.39, 0.29) is 21.2 Å². The Kier molecular flexibility index (Phi) is 2.77. The highest BCUT2D eigenvalue weighted by atomic mass is 32.2. The molecule has 0 aliphatic carbocycles. The number of anilines is 1. The van der Waals surface area contributed by atoms with Gasteiger partial charge in [0.2, 0.25) is 9.84 Å². The number of hydrogen-bond donors (Lipinski definition) is 2. The average Bonchev–Trinajstić information content (AvgIpc) is 2.33. The third-order valence-corrected chi connectivity index (χ3v) is 4.17. The number of aromatic hydroxyl groups is 1. The zero-order chi connectivity index (χ0) is 12.5. The normalized spacial score (nSPS) is 11.3. The van der Waals surface area contributed by atoms with Crippen molar-refractivity contribution in [2.75, 3.05) is 5.73 Å². The van der Waals surface area contributed by atoms with Crippen LogP contribution in [0.2, 0.25) is 0 Å². The number of nitrogen functional groups attached to an aromatic ring is 1. The van der Waals surface area contributed by atoms with Crippen molar-refractivity contribution in [1.82, 2.24) is 0 Å². The fraction of sp³-hybridized carbons (Fsp3) is 0. The molecule has 0 heterocycles. The smallest absolute Gasteiger partial charge is 0.208 e. The molecule has 0 unspecified atom stereocenters. The predicted molar refractivity (Wildman–Crippen MR) is 64.4 cm³/mol. The summed E-state index contributed by atoms with van der Waals surface area (Å²) in [4.78, 5) is 0.0704. The molecular weight excluding hydrogens is 238 g/mol. The van der Waals surface area contributed by atoms with Crippen LogP contribution in [0.15, 0.2) is 58.3 Å². The van der Waals surface area contributed by atoms with Crippen LogP contribution in [0.25, 0.3) is 0 Å². The molecule has 2 aromatic carbocycles. The third kappa shape index (κ3) is 2.09. The van der Waals surface area contributed by atoms with Crippen LogP contribution in [0.4, 0.5) is 5.69 Å². The summed E-state index contributed by atoms with van der Waals surface area (Å²) in [5.74, 6) is -0.131. The van der Waals surface area contributed by atoms with Gasteiger partial charge in [-0.15, -0.1) is 0 Å². The Bertz CT molecular complexity index is 636. The molecule has 2 rings (SSSR count). The number of phenols is 1. The van der Waals surface area contributed by atoms with Crippen LogP contribution >= 0.6 is 0 Å². The van der Waals surface area contributed by atoms with E-state index in [9.17, 15) is 13.5 Å². The van der Waals surface area contributed by atoms with Gasteiger partial charge in [0.05, 0.1) is 15.5 Å². The molecule has 0 aliphatic rings. The molecule has 0 saturated carbocycles. The van der Waals surface area contributed by atoms with Crippen LogP contribution in [0.3, 0.4) is 0 Å². The zero-order valence-corrected chi connectivity index (χ0v) is 9.68. The highest BCUT2D eigenvalue weighted by Gasteiger charge is 2.20. The van der Waals surface area contributed by atoms with Gasteiger partial charge in [-0.3, -0.25) is 0 Å². The van der Waals surface area contributed by atoms with Crippen LogP contribution < -0.4 is 5.73 Å². The monoisotopic (exact) mass is 249 g/mol. The molecule has 88 valence electrons. The minimum atomic E-state index is -3.68. The van der Waals surface area contributed by atoms with Crippen LogP contribution in [0.1, 0.15) is 0 Å². The molecule has 0 fully saturated rings. The molecule has 0 amide bonds. The molecule has 0 aliphatic heterocycles. The molecule has 2 aromatic rings. The van der Waals surface area contributed by atoms with Crippen LogP contribution in [0.5, 0.6) is 5.75 Å². The van der Waals surface area contributed by atoms with E-state index in [2.05, 4.69) is 0 Å². The summed E-state index contributed by atoms with van der Waals surface area (Å²) in [6, 6.07) is 11.8. The molecule has 0 saturated heterocycles. The highest BCUT2D eigenvalue weighted by molar-refractivity contribution is 7.91. The maximum absolute atomic E-state index is 12.2. The lowest BCUT2D eigenvalue weighted by Crippen LogP contribution is -2.05. The Labute approximate surface area is 99.2 Å². The Morgan fingerprint density at radius 1 is 1.00 bits per heavy atom. The van der Waals surface area contributed by atoms with Gasteiger partial charge >= 0.3 is 0 Å². The lowest BCUT2D eigenvalue weighted by Gasteiger charge is -2.07. The van der Waals surface area contributed by atoms with Crippen molar-refractivity contribution in [1.29, 1.82) is 0 Å². The van der Waals surface area contributed by atoms with Crippen LogP contribution in [-0.2, 0) is 9.84 Å². The second-order valence-electron chi connectivity index (χ2n) is 3.54. The molecule has 0 spiro atoms. The van der Waals surface area contributed by atoms with E-state index < -0.39 is 9.84 Å². The summed E-state index contributed by atoms with van der Waals surface area (Å²) in [5.41, 5.74) is 5.74. The second-order valence-corrected chi connectivity index (χ2v) is 5.46. The molecule has 0 bridgehead atoms. The predicted octanol–water partition coefficient (Wildman–Crippen LogP) is 1.81. The number of benzene rings is 2. The molecular formula is C12H11NO3S. The van der Waals surface area contributed by atoms with Gasteiger partial charge in [0, 0.05) is 6.07 Å². The Hall–Kier alpha value is -2.01. The number of rotatable bonds is 2. The van der Waals surface area contributed by atoms with Crippen molar-refractivity contribution in [3.05, 3.63) is 48.5 Å². The fourth-order valence-electron chi connectivity index (χ4n) is 1.48. The summed E-state index contributed by atoms with van der Waals surface area (Å²) in [7, 11) is -3.68. The van der Waals surface area contributed by atoms with Gasteiger partial charge in [0.1, 0.15) is 5.75 Å². The largest absolute Gasteiger partial charge is 0.508 e. The average molecular weight is 249 g/mol. The first-order chi connectivity index (χ1) is 8.01. The van der Waals surface area contributed by atoms with E-state index in [0.29, 0.717) is 0 Å². The lowest BCUT2D eigenvalue weighted by atomic mass is 10.3. The van der Waals surface area contributed by atoms with E-state index in [1.54, 1.807) is 18.2 Å². The Morgan fingerprint density at radius 2 is 1.65 bits per heavy atom. The molecule has 4 nitrogen and oxygen atoms in total. The topological polar surface area (TPSA) is 80.4 Å². The van der Waals surface area contributed by atoms with Crippen molar-refractivity contribution in [3.63, 3.8) is 0 Å². The molecule has 5 heteroatoms. The first-order valence-corrected chi connectivity index (χ1v) is 6.39. The quantitative estimate of drug-likeness (QED) is 0.628. The van der Waals surface area contributed by atoms with Crippen molar-refractivity contribution in [2.24, 2.45) is 0 Å². The summed E-state index contributed by atoms with van der Waals surface area (Å²) in [5, 5.41) is 9.33. The SMILES string of the molecule is Nc1ccc(O)cc1S(=O)(=O)c1ccccc1. The second kappa shape index (κ2) is 4.10. The van der Waals surface area contributed by atoms with Crippen molar-refractivity contribution in [3.8, 4) is 5.75 Å². The number of hydrogen-bond acceptors (Lipinski definition) is 4. The summed E-state index contributed by atoms with van der Waals surface area (Å²) < 4.78 is 24.4. The van der Waals surface area contributed by atoms with Crippen LogP contribution in [-0.4, -0.2) is 13.5 Å². The number of sulfone groups is 1. The summed E-state index contributed by atoms with van der Waals surface area (Å²) in [6.07, 6.45) is 0. The van der Waals surface area contributed by atoms with Gasteiger partial charge < -0.3 is 10.8 Å². The Balaban J connectivity index is 2.64. The van der Waals surface area contributed by atoms with Gasteiger partial charge in [-0.1, -0.05) is 18.2 Å². The standard InChI is InChI=1S/C12H11NO3S/c13-11-7-6-9(14)8-12(11)17(15,16)10-4-2-1-3-5-10/h1-8,14H,13H2. The van der Waals surface area contributed by atoms with E-state index in [0.717, 1.165) is 6.07 Å². The molecule has 3 N–H and O–H groups in total. The highest BCUT2D eigenvalue weighted by Crippen LogP contribution is 2.28. The number of phenolic OH excluding ortho intramolecular Hbond substituents is 1. The van der Waals surface area contributed by atoms with Gasteiger partial charge in [-0.05, 0) is 24.3 Å². The summed E-state index contributed by atoms with van der Waals surface area (Å²) >= 11 is 0. The lowest BCUT2D eigenvalue weighted by molar-refractivity contribution is 0.473. The molecule has 0 aromatic heterocycles. The Morgan fingerprint density at radius 3 is 2.29 bits per heavy atom. The first kappa shape index (κ1) is 11.5. The van der Waals surface area contributed by atoms with Gasteiger partial charge in [0.15, 0.2) is 0 Å². The van der Waals surface area contributed by atoms with Crippen molar-refractivity contribution in [2.45, 2.75) is 9.79 Å². The fourth-order valence-corrected chi connectivity index (χ4v) is 2.91. The molecule has 0 atom stereocenters. The van der Waals surface area contributed by atoms with Crippen molar-refractivity contribution < 1.29 is 13.5 Å². The molecule has 17 heavy (non-hydrogen) atoms. The van der Waals surface area contributed by atoms with E-state index in [4.69, 9.17) is 5.73 Å². The van der Waals surface area contributed by atoms with Gasteiger partial charge in [0.25, 0.3) is 0 Å². The van der Waals surface area contributed by atoms with Gasteiger partial charge in [-0.25, -0.2) is 8.42 Å². The van der Waals surface area contributed by atoms with Crippen LogP contribution in [0, 0.1) is 0 Å². The maximum Gasteiger partial charge on any atom is 0.208 e. The number of nitrogens with two attached hydrogens (primary N) is 1.